The lowest BCUT2D eigenvalue weighted by atomic mass is 10.1. The third-order valence-corrected chi connectivity index (χ3v) is 4.95. The SMILES string of the molecule is CCC(C)COCCCCCCCCCCOc1cc(C(=O)O)cc(C(=O)O)c1. The molecule has 0 aliphatic heterocycles. The maximum Gasteiger partial charge on any atom is 0.335 e. The zero-order chi connectivity index (χ0) is 21.5. The molecule has 0 bridgehead atoms. The van der Waals surface area contributed by atoms with Crippen molar-refractivity contribution < 1.29 is 29.3 Å². The lowest BCUT2D eigenvalue weighted by Gasteiger charge is -2.09. The van der Waals surface area contributed by atoms with E-state index in [2.05, 4.69) is 13.8 Å². The van der Waals surface area contributed by atoms with Crippen molar-refractivity contribution in [2.75, 3.05) is 19.8 Å². The highest BCUT2D eigenvalue weighted by Crippen LogP contribution is 2.18. The van der Waals surface area contributed by atoms with E-state index < -0.39 is 11.9 Å². The second kappa shape index (κ2) is 14.9. The molecular weight excluding hydrogens is 372 g/mol. The van der Waals surface area contributed by atoms with Gasteiger partial charge < -0.3 is 19.7 Å². The number of hydrogen-bond donors (Lipinski definition) is 2. The number of unbranched alkanes of at least 4 members (excludes halogenated alkanes) is 7. The maximum atomic E-state index is 11.1. The van der Waals surface area contributed by atoms with Crippen molar-refractivity contribution in [3.05, 3.63) is 29.3 Å². The fraction of sp³-hybridized carbons (Fsp3) is 0.652. The van der Waals surface area contributed by atoms with Gasteiger partial charge in [-0.1, -0.05) is 58.8 Å². The molecule has 0 fully saturated rings. The summed E-state index contributed by atoms with van der Waals surface area (Å²) in [4.78, 5) is 22.2. The van der Waals surface area contributed by atoms with Gasteiger partial charge in [-0.2, -0.15) is 0 Å². The van der Waals surface area contributed by atoms with Crippen molar-refractivity contribution in [3.8, 4) is 5.75 Å². The number of carboxylic acid groups (broad SMARTS) is 2. The van der Waals surface area contributed by atoms with Gasteiger partial charge in [-0.25, -0.2) is 9.59 Å². The third kappa shape index (κ3) is 11.5. The smallest absolute Gasteiger partial charge is 0.335 e. The minimum Gasteiger partial charge on any atom is -0.494 e. The van der Waals surface area contributed by atoms with Crippen LogP contribution in [0, 0.1) is 5.92 Å². The molecule has 1 unspecified atom stereocenters. The number of ether oxygens (including phenoxy) is 2. The van der Waals surface area contributed by atoms with Gasteiger partial charge in [-0.15, -0.1) is 0 Å². The zero-order valence-electron chi connectivity index (χ0n) is 17.8. The van der Waals surface area contributed by atoms with Crippen LogP contribution >= 0.6 is 0 Å². The molecular formula is C23H36O6. The Morgan fingerprint density at radius 2 is 1.31 bits per heavy atom. The quantitative estimate of drug-likeness (QED) is 0.324. The molecule has 0 aliphatic carbocycles. The van der Waals surface area contributed by atoms with E-state index in [-0.39, 0.29) is 16.9 Å². The van der Waals surface area contributed by atoms with Gasteiger partial charge in [-0.3, -0.25) is 0 Å². The normalized spacial score (nSPS) is 11.9. The topological polar surface area (TPSA) is 93.1 Å². The van der Waals surface area contributed by atoms with Crippen LogP contribution < -0.4 is 4.74 Å². The summed E-state index contributed by atoms with van der Waals surface area (Å²) in [6, 6.07) is 3.86. The highest BCUT2D eigenvalue weighted by molar-refractivity contribution is 5.94. The van der Waals surface area contributed by atoms with Crippen molar-refractivity contribution in [3.63, 3.8) is 0 Å². The lowest BCUT2D eigenvalue weighted by Crippen LogP contribution is -2.05. The van der Waals surface area contributed by atoms with E-state index in [0.29, 0.717) is 12.5 Å². The zero-order valence-corrected chi connectivity index (χ0v) is 17.8. The van der Waals surface area contributed by atoms with E-state index in [0.717, 1.165) is 45.0 Å². The van der Waals surface area contributed by atoms with Crippen molar-refractivity contribution >= 4 is 11.9 Å². The molecule has 1 aromatic carbocycles. The van der Waals surface area contributed by atoms with Crippen LogP contribution in [0.25, 0.3) is 0 Å². The first kappa shape index (κ1) is 25.0. The molecule has 2 N–H and O–H groups in total. The highest BCUT2D eigenvalue weighted by atomic mass is 16.5. The van der Waals surface area contributed by atoms with Crippen LogP contribution in [0.5, 0.6) is 5.75 Å². The summed E-state index contributed by atoms with van der Waals surface area (Å²) in [6.45, 7) is 6.60. The van der Waals surface area contributed by atoms with Gasteiger partial charge >= 0.3 is 11.9 Å². The first-order chi connectivity index (χ1) is 13.9. The fourth-order valence-corrected chi connectivity index (χ4v) is 2.89. The summed E-state index contributed by atoms with van der Waals surface area (Å²) >= 11 is 0. The first-order valence-electron chi connectivity index (χ1n) is 10.8. The maximum absolute atomic E-state index is 11.1. The first-order valence-corrected chi connectivity index (χ1v) is 10.8. The van der Waals surface area contributed by atoms with Crippen LogP contribution in [-0.4, -0.2) is 42.0 Å². The van der Waals surface area contributed by atoms with Crippen molar-refractivity contribution in [1.29, 1.82) is 0 Å². The predicted octanol–water partition coefficient (Wildman–Crippen LogP) is 5.65. The van der Waals surface area contributed by atoms with Crippen LogP contribution in [-0.2, 0) is 4.74 Å². The molecule has 0 saturated carbocycles. The number of hydrogen-bond acceptors (Lipinski definition) is 4. The second-order valence-corrected chi connectivity index (χ2v) is 7.62. The Kier molecular flexibility index (Phi) is 12.8. The lowest BCUT2D eigenvalue weighted by molar-refractivity contribution is 0.0696. The number of aromatic carboxylic acids is 2. The van der Waals surface area contributed by atoms with E-state index in [1.807, 2.05) is 0 Å². The molecule has 0 spiro atoms. The summed E-state index contributed by atoms with van der Waals surface area (Å²) in [5, 5.41) is 18.1. The molecule has 0 heterocycles. The molecule has 0 saturated heterocycles. The minimum absolute atomic E-state index is 0.0785. The number of carbonyl (C=O) groups is 2. The molecule has 1 atom stereocenters. The summed E-state index contributed by atoms with van der Waals surface area (Å²) in [5.74, 6) is -1.39. The van der Waals surface area contributed by atoms with E-state index in [9.17, 15) is 9.59 Å². The van der Waals surface area contributed by atoms with Crippen LogP contribution in [0.1, 0.15) is 92.4 Å². The van der Waals surface area contributed by atoms with Crippen LogP contribution in [0.15, 0.2) is 18.2 Å². The standard InChI is InChI=1S/C23H36O6/c1-3-18(2)17-28-12-10-8-6-4-5-7-9-11-13-29-21-15-19(22(24)25)14-20(16-21)23(26)27/h14-16,18H,3-13,17H2,1-2H3,(H,24,25)(H,26,27). The van der Waals surface area contributed by atoms with Crippen molar-refractivity contribution in [2.45, 2.75) is 71.6 Å². The monoisotopic (exact) mass is 408 g/mol. The summed E-state index contributed by atoms with van der Waals surface area (Å²) in [5.41, 5.74) is -0.157. The van der Waals surface area contributed by atoms with E-state index in [1.165, 1.54) is 44.2 Å². The Bertz CT molecular complexity index is 581. The number of carboxylic acids is 2. The van der Waals surface area contributed by atoms with Gasteiger partial charge in [0.25, 0.3) is 0 Å². The fourth-order valence-electron chi connectivity index (χ4n) is 2.89. The molecule has 0 aromatic heterocycles. The molecule has 1 rings (SSSR count). The third-order valence-electron chi connectivity index (χ3n) is 4.95. The van der Waals surface area contributed by atoms with Gasteiger partial charge in [0.15, 0.2) is 0 Å². The predicted molar refractivity (Wildman–Crippen MR) is 113 cm³/mol. The van der Waals surface area contributed by atoms with Gasteiger partial charge in [0, 0.05) is 13.2 Å². The Morgan fingerprint density at radius 3 is 1.79 bits per heavy atom. The summed E-state index contributed by atoms with van der Waals surface area (Å²) in [6.07, 6.45) is 10.2. The second-order valence-electron chi connectivity index (χ2n) is 7.62. The molecule has 29 heavy (non-hydrogen) atoms. The molecule has 164 valence electrons. The summed E-state index contributed by atoms with van der Waals surface area (Å²) in [7, 11) is 0. The molecule has 6 heteroatoms. The number of rotatable bonds is 17. The Labute approximate surface area is 174 Å². The highest BCUT2D eigenvalue weighted by Gasteiger charge is 2.12. The average molecular weight is 409 g/mol. The van der Waals surface area contributed by atoms with Gasteiger partial charge in [-0.05, 0) is 37.0 Å². The van der Waals surface area contributed by atoms with Crippen molar-refractivity contribution in [2.24, 2.45) is 5.92 Å². The average Bonchev–Trinajstić information content (AvgIpc) is 2.70. The van der Waals surface area contributed by atoms with Gasteiger partial charge in [0.1, 0.15) is 5.75 Å². The van der Waals surface area contributed by atoms with Crippen LogP contribution in [0.2, 0.25) is 0 Å². The van der Waals surface area contributed by atoms with E-state index in [4.69, 9.17) is 19.7 Å². The van der Waals surface area contributed by atoms with Gasteiger partial charge in [0.2, 0.25) is 0 Å². The molecule has 6 nitrogen and oxygen atoms in total. The Hall–Kier alpha value is -2.08. The van der Waals surface area contributed by atoms with Crippen LogP contribution in [0.4, 0.5) is 0 Å². The minimum atomic E-state index is -1.17. The van der Waals surface area contributed by atoms with Gasteiger partial charge in [0.05, 0.1) is 17.7 Å². The van der Waals surface area contributed by atoms with E-state index in [1.54, 1.807) is 0 Å². The number of benzene rings is 1. The molecule has 0 amide bonds. The molecule has 0 aliphatic rings. The molecule has 1 aromatic rings. The Morgan fingerprint density at radius 1 is 0.828 bits per heavy atom. The molecule has 0 radical (unpaired) electrons. The summed E-state index contributed by atoms with van der Waals surface area (Å²) < 4.78 is 11.2. The largest absolute Gasteiger partial charge is 0.494 e. The van der Waals surface area contributed by atoms with Crippen molar-refractivity contribution in [1.82, 2.24) is 0 Å². The van der Waals surface area contributed by atoms with Crippen LogP contribution in [0.3, 0.4) is 0 Å². The Balaban J connectivity index is 2.06. The van der Waals surface area contributed by atoms with E-state index >= 15 is 0 Å².